The van der Waals surface area contributed by atoms with Crippen molar-refractivity contribution in [3.8, 4) is 33.4 Å². The van der Waals surface area contributed by atoms with Gasteiger partial charge in [0.1, 0.15) is 0 Å². The van der Waals surface area contributed by atoms with Crippen molar-refractivity contribution in [2.24, 2.45) is 0 Å². The molecule has 0 radical (unpaired) electrons. The fraction of sp³-hybridized carbons (Fsp3) is 0.143. The lowest BCUT2D eigenvalue weighted by Gasteiger charge is -2.32. The molecule has 270 valence electrons. The number of aryl methyl sites for hydroxylation is 3. The van der Waals surface area contributed by atoms with Gasteiger partial charge < -0.3 is 13.7 Å². The summed E-state index contributed by atoms with van der Waals surface area (Å²) in [6, 6.07) is 28.5. The molecule has 0 aromatic heterocycles. The lowest BCUT2D eigenvalue weighted by molar-refractivity contribution is 0.304. The summed E-state index contributed by atoms with van der Waals surface area (Å²) in [6.45, 7) is 5.91. The molecule has 3 nitrogen and oxygen atoms in total. The summed E-state index contributed by atoms with van der Waals surface area (Å²) in [5.74, 6) is -7.66. The molecule has 0 unspecified atom stereocenters. The van der Waals surface area contributed by atoms with Crippen LogP contribution in [-0.4, -0.2) is 21.4 Å². The van der Waals surface area contributed by atoms with Gasteiger partial charge in [0.05, 0.1) is 0 Å². The molecular weight excluding hydrogens is 699 g/mol. The van der Waals surface area contributed by atoms with Crippen LogP contribution >= 0.6 is 0 Å². The van der Waals surface area contributed by atoms with Crippen LogP contribution in [0, 0.1) is 34.9 Å². The number of rotatable bonds is 9. The first-order valence-corrected chi connectivity index (χ1v) is 17.8. The molecule has 1 aliphatic heterocycles. The van der Waals surface area contributed by atoms with Crippen molar-refractivity contribution in [3.05, 3.63) is 161 Å². The number of hydrogen-bond acceptors (Lipinski definition) is 3. The molecular formula is C42H33B3F6O3. The van der Waals surface area contributed by atoms with Crippen molar-refractivity contribution >= 4 is 37.7 Å². The van der Waals surface area contributed by atoms with Crippen LogP contribution in [0.3, 0.4) is 0 Å². The molecule has 1 fully saturated rings. The van der Waals surface area contributed by atoms with Crippen molar-refractivity contribution in [2.45, 2.75) is 40.0 Å². The molecule has 6 aromatic carbocycles. The molecule has 1 heterocycles. The van der Waals surface area contributed by atoms with Crippen molar-refractivity contribution in [1.29, 1.82) is 0 Å². The first-order valence-electron chi connectivity index (χ1n) is 17.8. The van der Waals surface area contributed by atoms with Crippen LogP contribution in [0.2, 0.25) is 0 Å². The van der Waals surface area contributed by atoms with E-state index in [0.717, 1.165) is 36.0 Å². The van der Waals surface area contributed by atoms with Gasteiger partial charge in [-0.3, -0.25) is 0 Å². The SMILES string of the molecule is CCc1ccc(-c2ccc(B3OB(c4ccc(-c5ccc(CC)cc5)c(F)c4F)OB(c4ccc(-c5ccc(CC)cc5)c(F)c4F)O3)c(F)c2F)cc1. The molecule has 0 atom stereocenters. The molecule has 1 aliphatic rings. The van der Waals surface area contributed by atoms with Gasteiger partial charge in [-0.15, -0.1) is 0 Å². The van der Waals surface area contributed by atoms with Crippen LogP contribution in [0.4, 0.5) is 26.3 Å². The van der Waals surface area contributed by atoms with Crippen LogP contribution in [0.5, 0.6) is 0 Å². The maximum atomic E-state index is 16.0. The second-order valence-electron chi connectivity index (χ2n) is 13.0. The van der Waals surface area contributed by atoms with Gasteiger partial charge in [-0.05, 0) is 52.6 Å². The lowest BCUT2D eigenvalue weighted by atomic mass is 9.61. The highest BCUT2D eigenvalue weighted by atomic mass is 19.2. The van der Waals surface area contributed by atoms with Crippen molar-refractivity contribution in [3.63, 3.8) is 0 Å². The summed E-state index contributed by atoms with van der Waals surface area (Å²) < 4.78 is 113. The monoisotopic (exact) mass is 732 g/mol. The van der Waals surface area contributed by atoms with Gasteiger partial charge >= 0.3 is 21.4 Å². The first kappa shape index (κ1) is 37.3. The van der Waals surface area contributed by atoms with Crippen LogP contribution in [0.15, 0.2) is 109 Å². The van der Waals surface area contributed by atoms with E-state index in [1.165, 1.54) is 36.4 Å². The zero-order chi connectivity index (χ0) is 38.1. The molecule has 1 saturated heterocycles. The van der Waals surface area contributed by atoms with E-state index in [4.69, 9.17) is 13.7 Å². The van der Waals surface area contributed by atoms with E-state index in [1.54, 1.807) is 72.8 Å². The normalized spacial score (nSPS) is 13.2. The third-order valence-electron chi connectivity index (χ3n) is 9.86. The minimum absolute atomic E-state index is 0.0367. The van der Waals surface area contributed by atoms with Gasteiger partial charge in [0.15, 0.2) is 34.9 Å². The average molecular weight is 732 g/mol. The predicted octanol–water partition coefficient (Wildman–Crippen LogP) is 8.76. The fourth-order valence-corrected chi connectivity index (χ4v) is 6.54. The molecule has 12 heteroatoms. The maximum absolute atomic E-state index is 16.0. The molecule has 0 saturated carbocycles. The third-order valence-corrected chi connectivity index (χ3v) is 9.86. The van der Waals surface area contributed by atoms with E-state index in [2.05, 4.69) is 0 Å². The Hall–Kier alpha value is -5.03. The average Bonchev–Trinajstić information content (AvgIpc) is 3.21. The van der Waals surface area contributed by atoms with E-state index in [-0.39, 0.29) is 16.7 Å². The minimum atomic E-state index is -1.83. The highest BCUT2D eigenvalue weighted by molar-refractivity contribution is 6.87. The Labute approximate surface area is 311 Å². The summed E-state index contributed by atoms with van der Waals surface area (Å²) in [5.41, 5.74) is 2.81. The Balaban J connectivity index is 1.28. The van der Waals surface area contributed by atoms with Crippen molar-refractivity contribution in [1.82, 2.24) is 0 Å². The van der Waals surface area contributed by atoms with Gasteiger partial charge in [0.2, 0.25) is 0 Å². The highest BCUT2D eigenvalue weighted by Crippen LogP contribution is 2.29. The van der Waals surface area contributed by atoms with E-state index in [0.29, 0.717) is 16.7 Å². The van der Waals surface area contributed by atoms with Crippen molar-refractivity contribution < 1.29 is 40.1 Å². The van der Waals surface area contributed by atoms with Crippen LogP contribution < -0.4 is 16.4 Å². The quantitative estimate of drug-likeness (QED) is 0.110. The maximum Gasteiger partial charge on any atom is 0.470 e. The zero-order valence-corrected chi connectivity index (χ0v) is 29.7. The molecule has 54 heavy (non-hydrogen) atoms. The van der Waals surface area contributed by atoms with Gasteiger partial charge in [-0.2, -0.15) is 0 Å². The van der Waals surface area contributed by atoms with Gasteiger partial charge in [-0.25, -0.2) is 26.3 Å². The predicted molar refractivity (Wildman–Crippen MR) is 203 cm³/mol. The first-order chi connectivity index (χ1) is 26.1. The van der Waals surface area contributed by atoms with Gasteiger partial charge in [0.25, 0.3) is 0 Å². The van der Waals surface area contributed by atoms with Gasteiger partial charge in [-0.1, -0.05) is 130 Å². The van der Waals surface area contributed by atoms with E-state index in [9.17, 15) is 0 Å². The molecule has 0 N–H and O–H groups in total. The molecule has 6 aromatic rings. The smallest absolute Gasteiger partial charge is 0.444 e. The Morgan fingerprint density at radius 3 is 0.796 bits per heavy atom. The molecule has 7 rings (SSSR count). The van der Waals surface area contributed by atoms with E-state index in [1.807, 2.05) is 20.8 Å². The van der Waals surface area contributed by atoms with E-state index >= 15 is 26.3 Å². The standard InChI is InChI=1S/C42H33B3F6O3/c1-4-25-7-13-28(14-8-25)31-19-22-34(40(49)37(31)46)43-52-44(35-23-20-32(38(47)41(35)50)29-15-9-26(5-2)10-16-29)54-45(53-43)36-24-21-33(39(48)42(36)51)30-17-11-27(6-3)12-18-30/h7-24H,4-6H2,1-3H3. The summed E-state index contributed by atoms with van der Waals surface area (Å²) in [5, 5.41) is 0. The number of benzene rings is 6. The van der Waals surface area contributed by atoms with Crippen LogP contribution in [-0.2, 0) is 33.0 Å². The number of hydrogen-bond donors (Lipinski definition) is 0. The Morgan fingerprint density at radius 2 is 0.574 bits per heavy atom. The minimum Gasteiger partial charge on any atom is -0.444 e. The Kier molecular flexibility index (Phi) is 10.9. The van der Waals surface area contributed by atoms with Gasteiger partial charge in [0, 0.05) is 33.1 Å². The van der Waals surface area contributed by atoms with Crippen molar-refractivity contribution in [2.75, 3.05) is 0 Å². The highest BCUT2D eigenvalue weighted by Gasteiger charge is 2.47. The second kappa shape index (κ2) is 15.8. The summed E-state index contributed by atoms with van der Waals surface area (Å²) in [4.78, 5) is 0. The summed E-state index contributed by atoms with van der Waals surface area (Å²) in [7, 11) is -5.48. The van der Waals surface area contributed by atoms with Crippen LogP contribution in [0.25, 0.3) is 33.4 Å². The Bertz CT molecular complexity index is 2040. The molecule has 0 bridgehead atoms. The fourth-order valence-electron chi connectivity index (χ4n) is 6.54. The topological polar surface area (TPSA) is 27.7 Å². The molecule has 0 amide bonds. The Morgan fingerprint density at radius 1 is 0.333 bits per heavy atom. The second-order valence-corrected chi connectivity index (χ2v) is 13.0. The summed E-state index contributed by atoms with van der Waals surface area (Å²) in [6.07, 6.45) is 2.28. The van der Waals surface area contributed by atoms with E-state index < -0.39 is 72.6 Å². The zero-order valence-electron chi connectivity index (χ0n) is 29.7. The largest absolute Gasteiger partial charge is 0.470 e. The molecule has 0 spiro atoms. The third kappa shape index (κ3) is 7.13. The lowest BCUT2D eigenvalue weighted by Crippen LogP contribution is -2.62. The van der Waals surface area contributed by atoms with Crippen LogP contribution in [0.1, 0.15) is 37.5 Å². The molecule has 0 aliphatic carbocycles. The summed E-state index contributed by atoms with van der Waals surface area (Å²) >= 11 is 0. The number of halogens is 6.